The molecule has 2 bridgehead atoms. The van der Waals surface area contributed by atoms with E-state index in [9.17, 15) is 4.79 Å². The van der Waals surface area contributed by atoms with Crippen LogP contribution in [0.2, 0.25) is 0 Å². The van der Waals surface area contributed by atoms with Crippen LogP contribution in [0.25, 0.3) is 0 Å². The molecular formula is C9H12O3. The highest BCUT2D eigenvalue weighted by molar-refractivity contribution is 5.81. The van der Waals surface area contributed by atoms with Gasteiger partial charge in [0.25, 0.3) is 0 Å². The molecule has 2 unspecified atom stereocenters. The maximum absolute atomic E-state index is 11.4. The van der Waals surface area contributed by atoms with Gasteiger partial charge in [0, 0.05) is 12.8 Å². The van der Waals surface area contributed by atoms with Gasteiger partial charge in [0.15, 0.2) is 0 Å². The van der Waals surface area contributed by atoms with Crippen molar-refractivity contribution >= 4 is 5.97 Å². The molecule has 12 heavy (non-hydrogen) atoms. The second kappa shape index (κ2) is 2.25. The third-order valence-corrected chi connectivity index (χ3v) is 2.83. The van der Waals surface area contributed by atoms with Crippen molar-refractivity contribution < 1.29 is 14.3 Å². The summed E-state index contributed by atoms with van der Waals surface area (Å²) in [5.74, 6) is -0.139. The third-order valence-electron chi connectivity index (χ3n) is 2.83. The van der Waals surface area contributed by atoms with Gasteiger partial charge in [-0.05, 0) is 12.5 Å². The number of esters is 1. The molecule has 0 radical (unpaired) electrons. The van der Waals surface area contributed by atoms with E-state index in [2.05, 4.69) is 0 Å². The molecule has 0 aromatic carbocycles. The van der Waals surface area contributed by atoms with Crippen molar-refractivity contribution in [3.8, 4) is 0 Å². The number of rotatable bonds is 1. The quantitative estimate of drug-likeness (QED) is 0.552. The largest absolute Gasteiger partial charge is 0.498 e. The van der Waals surface area contributed by atoms with Crippen molar-refractivity contribution in [1.29, 1.82) is 0 Å². The first kappa shape index (κ1) is 7.65. The van der Waals surface area contributed by atoms with Crippen LogP contribution in [-0.4, -0.2) is 19.2 Å². The fourth-order valence-electron chi connectivity index (χ4n) is 2.02. The molecule has 0 spiro atoms. The summed E-state index contributed by atoms with van der Waals surface area (Å²) in [4.78, 5) is 11.4. The van der Waals surface area contributed by atoms with Crippen molar-refractivity contribution in [2.75, 3.05) is 7.11 Å². The summed E-state index contributed by atoms with van der Waals surface area (Å²) in [7, 11) is 1.43. The number of hydrogen-bond acceptors (Lipinski definition) is 3. The van der Waals surface area contributed by atoms with Crippen LogP contribution >= 0.6 is 0 Å². The number of fused-ring (bicyclic) bond motifs is 2. The third kappa shape index (κ3) is 0.792. The fraction of sp³-hybridized carbons (Fsp3) is 0.667. The second-order valence-electron chi connectivity index (χ2n) is 3.63. The first-order chi connectivity index (χ1) is 5.66. The molecule has 0 amide bonds. The molecule has 0 aromatic rings. The Morgan fingerprint density at radius 3 is 3.00 bits per heavy atom. The van der Waals surface area contributed by atoms with Crippen LogP contribution in [0, 0.1) is 5.41 Å². The zero-order valence-corrected chi connectivity index (χ0v) is 7.29. The summed E-state index contributed by atoms with van der Waals surface area (Å²) in [5, 5.41) is 0. The van der Waals surface area contributed by atoms with E-state index < -0.39 is 5.41 Å². The highest BCUT2D eigenvalue weighted by atomic mass is 16.5. The molecule has 0 saturated heterocycles. The molecule has 1 heterocycles. The predicted octanol–water partition coefficient (Wildman–Crippen LogP) is 1.24. The van der Waals surface area contributed by atoms with Gasteiger partial charge in [-0.15, -0.1) is 0 Å². The van der Waals surface area contributed by atoms with Gasteiger partial charge < -0.3 is 9.47 Å². The van der Waals surface area contributed by atoms with E-state index in [1.807, 2.05) is 6.92 Å². The zero-order valence-electron chi connectivity index (χ0n) is 7.29. The first-order valence-electron chi connectivity index (χ1n) is 4.10. The van der Waals surface area contributed by atoms with Crippen LogP contribution in [0.1, 0.15) is 19.8 Å². The minimum Gasteiger partial charge on any atom is -0.498 e. The van der Waals surface area contributed by atoms with E-state index in [0.29, 0.717) is 0 Å². The molecular weight excluding hydrogens is 156 g/mol. The maximum Gasteiger partial charge on any atom is 0.315 e. The predicted molar refractivity (Wildman–Crippen MR) is 42.3 cm³/mol. The average molecular weight is 168 g/mol. The summed E-state index contributed by atoms with van der Waals surface area (Å²) in [6.07, 6.45) is 3.59. The van der Waals surface area contributed by atoms with Crippen molar-refractivity contribution in [3.63, 3.8) is 0 Å². The fourth-order valence-corrected chi connectivity index (χ4v) is 2.02. The van der Waals surface area contributed by atoms with Crippen molar-refractivity contribution in [1.82, 2.24) is 0 Å². The highest BCUT2D eigenvalue weighted by Crippen LogP contribution is 2.48. The first-order valence-corrected chi connectivity index (χ1v) is 4.10. The molecule has 2 aliphatic rings. The van der Waals surface area contributed by atoms with Crippen molar-refractivity contribution in [3.05, 3.63) is 11.8 Å². The molecule has 0 aromatic heterocycles. The van der Waals surface area contributed by atoms with Gasteiger partial charge in [0.2, 0.25) is 0 Å². The van der Waals surface area contributed by atoms with Crippen molar-refractivity contribution in [2.24, 2.45) is 5.41 Å². The molecule has 3 nitrogen and oxygen atoms in total. The number of carbonyl (C=O) groups is 1. The SMILES string of the molecule is COC(=O)C1(C)CC2CC1=CO2. The Balaban J connectivity index is 2.28. The van der Waals surface area contributed by atoms with Crippen LogP contribution in [0.3, 0.4) is 0 Å². The van der Waals surface area contributed by atoms with Gasteiger partial charge in [0.1, 0.15) is 6.10 Å². The summed E-state index contributed by atoms with van der Waals surface area (Å²) in [5.41, 5.74) is 0.678. The molecule has 1 saturated carbocycles. The zero-order chi connectivity index (χ0) is 8.77. The molecule has 2 atom stereocenters. The Morgan fingerprint density at radius 2 is 2.58 bits per heavy atom. The van der Waals surface area contributed by atoms with E-state index >= 15 is 0 Å². The minimum atomic E-state index is -0.405. The number of methoxy groups -OCH3 is 1. The Kier molecular flexibility index (Phi) is 1.43. The number of carbonyl (C=O) groups excluding carboxylic acids is 1. The Hall–Kier alpha value is -0.990. The van der Waals surface area contributed by atoms with E-state index in [0.717, 1.165) is 18.4 Å². The number of hydrogen-bond donors (Lipinski definition) is 0. The van der Waals surface area contributed by atoms with E-state index in [4.69, 9.17) is 9.47 Å². The smallest absolute Gasteiger partial charge is 0.315 e. The molecule has 66 valence electrons. The van der Waals surface area contributed by atoms with E-state index in [-0.39, 0.29) is 12.1 Å². The molecule has 1 aliphatic carbocycles. The van der Waals surface area contributed by atoms with Crippen LogP contribution in [0.15, 0.2) is 11.8 Å². The standard InChI is InChI=1S/C9H12O3/c1-9(8(10)11-2)4-7-3-6(9)5-12-7/h5,7H,3-4H2,1-2H3. The monoisotopic (exact) mass is 168 g/mol. The Labute approximate surface area is 71.3 Å². The average Bonchev–Trinajstić information content (AvgIpc) is 2.62. The van der Waals surface area contributed by atoms with Crippen molar-refractivity contribution in [2.45, 2.75) is 25.9 Å². The van der Waals surface area contributed by atoms with Gasteiger partial charge in [0.05, 0.1) is 18.8 Å². The second-order valence-corrected chi connectivity index (χ2v) is 3.63. The summed E-state index contributed by atoms with van der Waals surface area (Å²) < 4.78 is 10.0. The molecule has 1 aliphatic heterocycles. The molecule has 2 rings (SSSR count). The molecule has 0 N–H and O–H groups in total. The van der Waals surface area contributed by atoms with Gasteiger partial charge in [-0.1, -0.05) is 0 Å². The summed E-state index contributed by atoms with van der Waals surface area (Å²) in [6, 6.07) is 0. The summed E-state index contributed by atoms with van der Waals surface area (Å²) in [6.45, 7) is 1.92. The number of ether oxygens (including phenoxy) is 2. The lowest BCUT2D eigenvalue weighted by Crippen LogP contribution is -2.30. The van der Waals surface area contributed by atoms with Gasteiger partial charge in [-0.2, -0.15) is 0 Å². The van der Waals surface area contributed by atoms with E-state index in [1.165, 1.54) is 7.11 Å². The van der Waals surface area contributed by atoms with Gasteiger partial charge >= 0.3 is 5.97 Å². The Bertz CT molecular complexity index is 256. The van der Waals surface area contributed by atoms with E-state index in [1.54, 1.807) is 6.26 Å². The lowest BCUT2D eigenvalue weighted by Gasteiger charge is -2.24. The maximum atomic E-state index is 11.4. The van der Waals surface area contributed by atoms with Crippen LogP contribution in [-0.2, 0) is 14.3 Å². The summed E-state index contributed by atoms with van der Waals surface area (Å²) >= 11 is 0. The van der Waals surface area contributed by atoms with Crippen LogP contribution < -0.4 is 0 Å². The molecule has 3 heteroatoms. The van der Waals surface area contributed by atoms with Gasteiger partial charge in [-0.3, -0.25) is 4.79 Å². The Morgan fingerprint density at radius 1 is 1.83 bits per heavy atom. The molecule has 1 fully saturated rings. The lowest BCUT2D eigenvalue weighted by atomic mass is 9.84. The topological polar surface area (TPSA) is 35.5 Å². The lowest BCUT2D eigenvalue weighted by molar-refractivity contribution is -0.150. The van der Waals surface area contributed by atoms with Crippen LogP contribution in [0.4, 0.5) is 0 Å². The minimum absolute atomic E-state index is 0.139. The normalized spacial score (nSPS) is 37.5. The van der Waals surface area contributed by atoms with Gasteiger partial charge in [-0.25, -0.2) is 0 Å². The highest BCUT2D eigenvalue weighted by Gasteiger charge is 2.50. The van der Waals surface area contributed by atoms with Crippen LogP contribution in [0.5, 0.6) is 0 Å².